The van der Waals surface area contributed by atoms with Gasteiger partial charge in [0.1, 0.15) is 6.04 Å². The maximum atomic E-state index is 14.1. The molecule has 0 saturated carbocycles. The highest BCUT2D eigenvalue weighted by Crippen LogP contribution is 2.50. The third kappa shape index (κ3) is 7.83. The zero-order valence-corrected chi connectivity index (χ0v) is 30.5. The minimum atomic E-state index is -0.719. The van der Waals surface area contributed by atoms with Gasteiger partial charge in [-0.3, -0.25) is 18.8 Å². The van der Waals surface area contributed by atoms with Crippen molar-refractivity contribution in [2.75, 3.05) is 38.7 Å². The van der Waals surface area contributed by atoms with E-state index in [1.54, 1.807) is 45.2 Å². The molecule has 5 rings (SSSR count). The van der Waals surface area contributed by atoms with Gasteiger partial charge >= 0.3 is 0 Å². The van der Waals surface area contributed by atoms with Gasteiger partial charge in [-0.1, -0.05) is 26.0 Å². The molecule has 2 amide bonds. The van der Waals surface area contributed by atoms with Gasteiger partial charge in [-0.15, -0.1) is 10.2 Å². The number of nitrogens with one attached hydrogen (secondary N) is 3. The number of methoxy groups -OCH3 is 3. The van der Waals surface area contributed by atoms with Crippen molar-refractivity contribution in [3.63, 3.8) is 0 Å². The van der Waals surface area contributed by atoms with Crippen molar-refractivity contribution in [2.24, 2.45) is 5.92 Å². The van der Waals surface area contributed by atoms with Crippen molar-refractivity contribution in [1.82, 2.24) is 25.2 Å². The van der Waals surface area contributed by atoms with Crippen LogP contribution in [-0.4, -0.2) is 65.8 Å². The van der Waals surface area contributed by atoms with Gasteiger partial charge in [0.05, 0.1) is 39.1 Å². The van der Waals surface area contributed by atoms with E-state index < -0.39 is 18.1 Å². The standard InChI is InChI=1S/C37H46N6O6S/c1-21(2)18-29(36-42-41-32-10-8-9-16-43(32)36)40-37(46)28(15-17-50-7)39-27-14-12-24-25(20-30(27)45)26(38-22(3)44)13-11-23-19-31(47-4)34(48-5)35(49-6)33(23)24/h8-10,12,14,16,19-21,26,28-29H,11,13,15,17-18H2,1-7H3,(H,38,44)(H,39,45)(H,40,46). The van der Waals surface area contributed by atoms with Crippen LogP contribution in [-0.2, 0) is 16.0 Å². The molecule has 12 nitrogen and oxygen atoms in total. The van der Waals surface area contributed by atoms with E-state index in [0.29, 0.717) is 71.3 Å². The van der Waals surface area contributed by atoms with Crippen LogP contribution in [0.25, 0.3) is 16.8 Å². The van der Waals surface area contributed by atoms with Crippen LogP contribution in [0.3, 0.4) is 0 Å². The minimum Gasteiger partial charge on any atom is -0.493 e. The number of hydrogen-bond acceptors (Lipinski definition) is 10. The summed E-state index contributed by atoms with van der Waals surface area (Å²) < 4.78 is 19.1. The molecule has 266 valence electrons. The molecule has 3 N–H and O–H groups in total. The maximum absolute atomic E-state index is 14.1. The lowest BCUT2D eigenvalue weighted by atomic mass is 9.95. The Bertz CT molecular complexity index is 1910. The molecule has 13 heteroatoms. The molecular weight excluding hydrogens is 657 g/mol. The van der Waals surface area contributed by atoms with Crippen molar-refractivity contribution < 1.29 is 23.8 Å². The van der Waals surface area contributed by atoms with Gasteiger partial charge in [0.25, 0.3) is 0 Å². The SMILES string of the molecule is COc1cc2c(c(OC)c1OC)-c1ccc(NC(CCSC)C(=O)NC(CC(C)C)c3nnc4ccccn34)c(=O)cc1C(NC(C)=O)CC2. The van der Waals surface area contributed by atoms with Crippen LogP contribution in [0.5, 0.6) is 17.2 Å². The summed E-state index contributed by atoms with van der Waals surface area (Å²) in [7, 11) is 4.68. The van der Waals surface area contributed by atoms with Gasteiger partial charge in [0.2, 0.25) is 23.0 Å². The number of anilines is 1. The Hall–Kier alpha value is -4.78. The molecule has 3 unspecified atom stereocenters. The van der Waals surface area contributed by atoms with Crippen LogP contribution < -0.4 is 35.6 Å². The maximum Gasteiger partial charge on any atom is 0.243 e. The van der Waals surface area contributed by atoms with E-state index in [0.717, 1.165) is 11.1 Å². The molecule has 3 atom stereocenters. The normalized spacial score (nSPS) is 14.9. The molecule has 1 aliphatic rings. The van der Waals surface area contributed by atoms with Crippen molar-refractivity contribution in [2.45, 2.75) is 64.6 Å². The molecule has 2 aromatic carbocycles. The third-order valence-electron chi connectivity index (χ3n) is 8.85. The fourth-order valence-corrected chi connectivity index (χ4v) is 7.06. The summed E-state index contributed by atoms with van der Waals surface area (Å²) in [5, 5.41) is 18.3. The number of aryl methyl sites for hydroxylation is 1. The van der Waals surface area contributed by atoms with Crippen molar-refractivity contribution in [3.8, 4) is 28.4 Å². The lowest BCUT2D eigenvalue weighted by Crippen LogP contribution is -2.43. The Balaban J connectivity index is 1.57. The van der Waals surface area contributed by atoms with Gasteiger partial charge < -0.3 is 30.2 Å². The van der Waals surface area contributed by atoms with Crippen molar-refractivity contribution >= 4 is 34.9 Å². The number of rotatable bonds is 14. The zero-order chi connectivity index (χ0) is 35.9. The number of benzene rings is 1. The fourth-order valence-electron chi connectivity index (χ4n) is 6.59. The Morgan fingerprint density at radius 2 is 1.82 bits per heavy atom. The number of nitrogens with zero attached hydrogens (tertiary/aromatic N) is 3. The topological polar surface area (TPSA) is 145 Å². The molecule has 2 aromatic heterocycles. The molecular formula is C37H46N6O6S. The lowest BCUT2D eigenvalue weighted by Gasteiger charge is -2.24. The first-order valence-corrected chi connectivity index (χ1v) is 18.1. The van der Waals surface area contributed by atoms with Crippen LogP contribution >= 0.6 is 11.8 Å². The molecule has 50 heavy (non-hydrogen) atoms. The van der Waals surface area contributed by atoms with Crippen LogP contribution in [0.4, 0.5) is 5.69 Å². The van der Waals surface area contributed by atoms with Crippen molar-refractivity contribution in [1.29, 1.82) is 0 Å². The second-order valence-corrected chi connectivity index (χ2v) is 13.7. The summed E-state index contributed by atoms with van der Waals surface area (Å²) in [6, 6.07) is 11.1. The van der Waals surface area contributed by atoms with E-state index in [-0.39, 0.29) is 28.8 Å². The number of amides is 2. The number of carbonyl (C=O) groups excluding carboxylic acids is 2. The average molecular weight is 703 g/mol. The van der Waals surface area contributed by atoms with E-state index >= 15 is 0 Å². The fraction of sp³-hybridized carbons (Fsp3) is 0.432. The van der Waals surface area contributed by atoms with Crippen LogP contribution in [0, 0.1) is 5.92 Å². The highest BCUT2D eigenvalue weighted by Gasteiger charge is 2.31. The number of ether oxygens (including phenoxy) is 3. The molecule has 0 bridgehead atoms. The van der Waals surface area contributed by atoms with Crippen LogP contribution in [0.2, 0.25) is 0 Å². The van der Waals surface area contributed by atoms with E-state index in [2.05, 4.69) is 40.0 Å². The minimum absolute atomic E-state index is 0.212. The molecule has 0 radical (unpaired) electrons. The van der Waals surface area contributed by atoms with Crippen molar-refractivity contribution in [3.05, 3.63) is 75.8 Å². The van der Waals surface area contributed by atoms with E-state index in [9.17, 15) is 14.4 Å². The summed E-state index contributed by atoms with van der Waals surface area (Å²) in [6.07, 6.45) is 6.12. The van der Waals surface area contributed by atoms with E-state index in [1.807, 2.05) is 47.2 Å². The van der Waals surface area contributed by atoms with E-state index in [1.165, 1.54) is 6.92 Å². The summed E-state index contributed by atoms with van der Waals surface area (Å²) in [4.78, 5) is 40.5. The summed E-state index contributed by atoms with van der Waals surface area (Å²) >= 11 is 1.62. The number of pyridine rings is 1. The number of thioether (sulfide) groups is 1. The average Bonchev–Trinajstić information content (AvgIpc) is 3.39. The quantitative estimate of drug-likeness (QED) is 0.157. The zero-order valence-electron chi connectivity index (χ0n) is 29.7. The first-order chi connectivity index (χ1) is 24.1. The number of aromatic nitrogens is 3. The Morgan fingerprint density at radius 3 is 2.50 bits per heavy atom. The number of hydrogen-bond donors (Lipinski definition) is 3. The Kier molecular flexibility index (Phi) is 11.9. The largest absolute Gasteiger partial charge is 0.493 e. The number of fused-ring (bicyclic) bond motifs is 4. The Morgan fingerprint density at radius 1 is 1.04 bits per heavy atom. The molecule has 0 fully saturated rings. The third-order valence-corrected chi connectivity index (χ3v) is 9.49. The molecule has 0 spiro atoms. The van der Waals surface area contributed by atoms with Gasteiger partial charge in [0, 0.05) is 18.7 Å². The van der Waals surface area contributed by atoms with Gasteiger partial charge in [0.15, 0.2) is 23.0 Å². The highest BCUT2D eigenvalue weighted by atomic mass is 32.2. The second-order valence-electron chi connectivity index (χ2n) is 12.8. The van der Waals surface area contributed by atoms with Gasteiger partial charge in [-0.25, -0.2) is 0 Å². The van der Waals surface area contributed by atoms with Gasteiger partial charge in [-0.05, 0) is 90.6 Å². The van der Waals surface area contributed by atoms with Crippen LogP contribution in [0.15, 0.2) is 53.5 Å². The number of carbonyl (C=O) groups is 2. The second kappa shape index (κ2) is 16.3. The highest BCUT2D eigenvalue weighted by molar-refractivity contribution is 7.98. The summed E-state index contributed by atoms with van der Waals surface area (Å²) in [5.41, 5.74) is 3.67. The summed E-state index contributed by atoms with van der Waals surface area (Å²) in [6.45, 7) is 5.65. The first-order valence-electron chi connectivity index (χ1n) is 16.7. The molecule has 0 aliphatic heterocycles. The molecule has 4 aromatic rings. The van der Waals surface area contributed by atoms with E-state index in [4.69, 9.17) is 14.2 Å². The van der Waals surface area contributed by atoms with Gasteiger partial charge in [-0.2, -0.15) is 11.8 Å². The predicted octanol–water partition coefficient (Wildman–Crippen LogP) is 5.34. The lowest BCUT2D eigenvalue weighted by molar-refractivity contribution is -0.123. The monoisotopic (exact) mass is 702 g/mol. The Labute approximate surface area is 296 Å². The van der Waals surface area contributed by atoms with Crippen LogP contribution in [0.1, 0.15) is 69.1 Å². The molecule has 0 saturated heterocycles. The molecule has 1 aliphatic carbocycles. The summed E-state index contributed by atoms with van der Waals surface area (Å²) in [5.74, 6) is 2.56. The first kappa shape index (κ1) is 36.5. The molecule has 2 heterocycles. The smallest absolute Gasteiger partial charge is 0.243 e. The predicted molar refractivity (Wildman–Crippen MR) is 196 cm³/mol.